The summed E-state index contributed by atoms with van der Waals surface area (Å²) in [5.41, 5.74) is 1.88. The summed E-state index contributed by atoms with van der Waals surface area (Å²) in [6.45, 7) is 2.03. The van der Waals surface area contributed by atoms with Gasteiger partial charge in [0, 0.05) is 22.5 Å². The zero-order chi connectivity index (χ0) is 13.1. The molecule has 2 aromatic rings. The van der Waals surface area contributed by atoms with Crippen LogP contribution < -0.4 is 5.32 Å². The van der Waals surface area contributed by atoms with E-state index in [0.717, 1.165) is 16.3 Å². The fraction of sp³-hybridized carbons (Fsp3) is 0.308. The normalized spacial score (nSPS) is 12.9. The lowest BCUT2D eigenvalue weighted by Crippen LogP contribution is -2.12. The number of hydrogen-bond donors (Lipinski definition) is 1. The minimum absolute atomic E-state index is 0.0409. The van der Waals surface area contributed by atoms with E-state index in [9.17, 15) is 8.78 Å². The van der Waals surface area contributed by atoms with Crippen molar-refractivity contribution in [2.24, 2.45) is 0 Å². The Balaban J connectivity index is 2.23. The summed E-state index contributed by atoms with van der Waals surface area (Å²) in [7, 11) is 1.88. The van der Waals surface area contributed by atoms with Gasteiger partial charge in [0.25, 0.3) is 6.43 Å². The third-order valence-electron chi connectivity index (χ3n) is 2.81. The molecule has 0 fully saturated rings. The first-order chi connectivity index (χ1) is 8.61. The van der Waals surface area contributed by atoms with Crippen molar-refractivity contribution in [2.45, 2.75) is 19.4 Å². The van der Waals surface area contributed by atoms with Gasteiger partial charge in [0.05, 0.1) is 5.69 Å². The zero-order valence-corrected chi connectivity index (χ0v) is 11.0. The fourth-order valence-electron chi connectivity index (χ4n) is 1.54. The molecule has 1 heterocycles. The molecule has 0 saturated carbocycles. The Morgan fingerprint density at radius 3 is 2.44 bits per heavy atom. The lowest BCUT2D eigenvalue weighted by molar-refractivity contribution is 0.151. The molecule has 1 atom stereocenters. The predicted octanol–water partition coefficient (Wildman–Crippen LogP) is 4.03. The number of nitrogens with zero attached hydrogens (tertiary/aromatic N) is 1. The van der Waals surface area contributed by atoms with E-state index in [4.69, 9.17) is 0 Å². The summed E-state index contributed by atoms with van der Waals surface area (Å²) >= 11 is 1.52. The molecule has 18 heavy (non-hydrogen) atoms. The Bertz CT molecular complexity index is 508. The van der Waals surface area contributed by atoms with E-state index in [2.05, 4.69) is 10.3 Å². The topological polar surface area (TPSA) is 24.9 Å². The van der Waals surface area contributed by atoms with E-state index >= 15 is 0 Å². The number of rotatable bonds is 4. The van der Waals surface area contributed by atoms with Crippen LogP contribution in [0, 0.1) is 0 Å². The number of alkyl halides is 2. The van der Waals surface area contributed by atoms with Crippen LogP contribution in [0.25, 0.3) is 10.6 Å². The van der Waals surface area contributed by atoms with Gasteiger partial charge >= 0.3 is 0 Å². The van der Waals surface area contributed by atoms with Crippen molar-refractivity contribution in [3.8, 4) is 10.6 Å². The average Bonchev–Trinajstić information content (AvgIpc) is 2.87. The molecule has 0 radical (unpaired) electrons. The van der Waals surface area contributed by atoms with Crippen LogP contribution in [0.4, 0.5) is 8.78 Å². The Labute approximate surface area is 109 Å². The van der Waals surface area contributed by atoms with Crippen molar-refractivity contribution in [1.82, 2.24) is 10.3 Å². The van der Waals surface area contributed by atoms with Gasteiger partial charge in [0.15, 0.2) is 0 Å². The van der Waals surface area contributed by atoms with Gasteiger partial charge in [0.2, 0.25) is 0 Å². The summed E-state index contributed by atoms with van der Waals surface area (Å²) in [6.07, 6.45) is -2.42. The summed E-state index contributed by atoms with van der Waals surface area (Å²) in [6, 6.07) is 6.46. The Hall–Kier alpha value is -1.33. The molecule has 0 aliphatic heterocycles. The highest BCUT2D eigenvalue weighted by molar-refractivity contribution is 7.13. The zero-order valence-electron chi connectivity index (χ0n) is 10.2. The van der Waals surface area contributed by atoms with Crippen LogP contribution in [-0.2, 0) is 0 Å². The molecule has 0 bridgehead atoms. The standard InChI is InChI=1S/C13H14F2N2S/c1-8(16-2)11-7-18-13(17-11)10-5-3-9(4-6-10)12(14)15/h3-8,12,16H,1-2H3. The second-order valence-corrected chi connectivity index (χ2v) is 4.87. The van der Waals surface area contributed by atoms with Crippen LogP contribution in [0.15, 0.2) is 29.6 Å². The van der Waals surface area contributed by atoms with E-state index in [1.165, 1.54) is 23.5 Å². The van der Waals surface area contributed by atoms with Crippen LogP contribution in [0.2, 0.25) is 0 Å². The van der Waals surface area contributed by atoms with Gasteiger partial charge in [-0.25, -0.2) is 13.8 Å². The van der Waals surface area contributed by atoms with Crippen LogP contribution >= 0.6 is 11.3 Å². The summed E-state index contributed by atoms with van der Waals surface area (Å²) in [5, 5.41) is 5.95. The Kier molecular flexibility index (Phi) is 4.04. The van der Waals surface area contributed by atoms with E-state index in [1.807, 2.05) is 19.4 Å². The highest BCUT2D eigenvalue weighted by Crippen LogP contribution is 2.28. The number of benzene rings is 1. The fourth-order valence-corrected chi connectivity index (χ4v) is 2.46. The number of thiazole rings is 1. The van der Waals surface area contributed by atoms with Crippen LogP contribution in [0.5, 0.6) is 0 Å². The molecule has 5 heteroatoms. The van der Waals surface area contributed by atoms with Crippen LogP contribution in [0.3, 0.4) is 0 Å². The number of aromatic nitrogens is 1. The minimum atomic E-state index is -2.42. The maximum absolute atomic E-state index is 12.4. The van der Waals surface area contributed by atoms with Gasteiger partial charge in [-0.2, -0.15) is 0 Å². The molecule has 1 N–H and O–H groups in total. The van der Waals surface area contributed by atoms with E-state index in [-0.39, 0.29) is 11.6 Å². The highest BCUT2D eigenvalue weighted by Gasteiger charge is 2.11. The third-order valence-corrected chi connectivity index (χ3v) is 3.72. The highest BCUT2D eigenvalue weighted by atomic mass is 32.1. The molecule has 2 nitrogen and oxygen atoms in total. The molecule has 0 spiro atoms. The molecular weight excluding hydrogens is 254 g/mol. The molecule has 1 aromatic heterocycles. The molecule has 1 aromatic carbocycles. The predicted molar refractivity (Wildman–Crippen MR) is 70.0 cm³/mol. The second kappa shape index (κ2) is 5.54. The first-order valence-electron chi connectivity index (χ1n) is 5.63. The molecule has 96 valence electrons. The van der Waals surface area contributed by atoms with Crippen molar-refractivity contribution in [1.29, 1.82) is 0 Å². The Morgan fingerprint density at radius 1 is 1.22 bits per heavy atom. The van der Waals surface area contributed by atoms with Crippen LogP contribution in [0.1, 0.15) is 30.6 Å². The molecular formula is C13H14F2N2S. The first-order valence-corrected chi connectivity index (χ1v) is 6.51. The van der Waals surface area contributed by atoms with Gasteiger partial charge in [0.1, 0.15) is 5.01 Å². The van der Waals surface area contributed by atoms with Crippen molar-refractivity contribution in [2.75, 3.05) is 7.05 Å². The molecule has 1 unspecified atom stereocenters. The van der Waals surface area contributed by atoms with E-state index in [0.29, 0.717) is 0 Å². The first kappa shape index (κ1) is 13.1. The summed E-state index contributed by atoms with van der Waals surface area (Å²) in [4.78, 5) is 4.49. The maximum Gasteiger partial charge on any atom is 0.263 e. The van der Waals surface area contributed by atoms with Gasteiger partial charge in [-0.3, -0.25) is 0 Å². The van der Waals surface area contributed by atoms with Gasteiger partial charge in [-0.05, 0) is 14.0 Å². The molecule has 0 aliphatic rings. The SMILES string of the molecule is CNC(C)c1csc(-c2ccc(C(F)F)cc2)n1. The number of nitrogens with one attached hydrogen (secondary N) is 1. The average molecular weight is 268 g/mol. The minimum Gasteiger partial charge on any atom is -0.312 e. The third kappa shape index (κ3) is 2.73. The van der Waals surface area contributed by atoms with E-state index in [1.54, 1.807) is 12.1 Å². The van der Waals surface area contributed by atoms with Crippen molar-refractivity contribution in [3.63, 3.8) is 0 Å². The van der Waals surface area contributed by atoms with Gasteiger partial charge in [-0.15, -0.1) is 11.3 Å². The quantitative estimate of drug-likeness (QED) is 0.905. The lowest BCUT2D eigenvalue weighted by atomic mass is 10.1. The summed E-state index contributed by atoms with van der Waals surface area (Å²) in [5.74, 6) is 0. The monoisotopic (exact) mass is 268 g/mol. The van der Waals surface area contributed by atoms with Crippen molar-refractivity contribution < 1.29 is 8.78 Å². The maximum atomic E-state index is 12.4. The molecule has 0 saturated heterocycles. The molecule has 2 rings (SSSR count). The smallest absolute Gasteiger partial charge is 0.263 e. The number of hydrogen-bond acceptors (Lipinski definition) is 3. The molecule has 0 amide bonds. The van der Waals surface area contributed by atoms with E-state index < -0.39 is 6.43 Å². The largest absolute Gasteiger partial charge is 0.312 e. The van der Waals surface area contributed by atoms with Gasteiger partial charge < -0.3 is 5.32 Å². The van der Waals surface area contributed by atoms with Crippen molar-refractivity contribution in [3.05, 3.63) is 40.9 Å². The van der Waals surface area contributed by atoms with Crippen molar-refractivity contribution >= 4 is 11.3 Å². The number of halogens is 2. The molecule has 0 aliphatic carbocycles. The van der Waals surface area contributed by atoms with Gasteiger partial charge in [-0.1, -0.05) is 24.3 Å². The Morgan fingerprint density at radius 2 is 1.89 bits per heavy atom. The lowest BCUT2D eigenvalue weighted by Gasteiger charge is -2.05. The van der Waals surface area contributed by atoms with Crippen LogP contribution in [-0.4, -0.2) is 12.0 Å². The second-order valence-electron chi connectivity index (χ2n) is 4.01. The summed E-state index contributed by atoms with van der Waals surface area (Å²) < 4.78 is 24.9.